The van der Waals surface area contributed by atoms with E-state index < -0.39 is 15.6 Å². The molecule has 0 N–H and O–H groups in total. The zero-order valence-corrected chi connectivity index (χ0v) is 10.8. The molecule has 0 bridgehead atoms. The van der Waals surface area contributed by atoms with Crippen molar-refractivity contribution in [3.63, 3.8) is 0 Å². The van der Waals surface area contributed by atoms with Gasteiger partial charge in [0, 0.05) is 17.2 Å². The van der Waals surface area contributed by atoms with Crippen LogP contribution in [0.4, 0.5) is 0 Å². The number of amides is 1. The smallest absolute Gasteiger partial charge is 0.307 e. The number of rotatable bonds is 2. The van der Waals surface area contributed by atoms with Crippen molar-refractivity contribution in [3.8, 4) is 0 Å². The Hall–Kier alpha value is -1.95. The van der Waals surface area contributed by atoms with Crippen molar-refractivity contribution >= 4 is 15.6 Å². The third kappa shape index (κ3) is 2.65. The Bertz CT molecular complexity index is 682. The van der Waals surface area contributed by atoms with Gasteiger partial charge in [-0.1, -0.05) is 23.4 Å². The highest BCUT2D eigenvalue weighted by Gasteiger charge is 2.14. The van der Waals surface area contributed by atoms with Crippen LogP contribution in [0.5, 0.6) is 0 Å². The maximum Gasteiger partial charge on any atom is 0.307 e. The van der Waals surface area contributed by atoms with E-state index in [4.69, 9.17) is 4.52 Å². The molecule has 2 rings (SSSR count). The van der Waals surface area contributed by atoms with Crippen LogP contribution in [0.25, 0.3) is 0 Å². The van der Waals surface area contributed by atoms with Gasteiger partial charge < -0.3 is 4.52 Å². The molecule has 0 aliphatic rings. The molecule has 0 unspecified atom stereocenters. The second-order valence-corrected chi connectivity index (χ2v) is 6.09. The van der Waals surface area contributed by atoms with Gasteiger partial charge in [-0.15, -0.1) is 0 Å². The van der Waals surface area contributed by atoms with Gasteiger partial charge in [0.2, 0.25) is 0 Å². The quantitative estimate of drug-likeness (QED) is 0.834. The van der Waals surface area contributed by atoms with E-state index in [9.17, 15) is 9.00 Å². The van der Waals surface area contributed by atoms with Crippen molar-refractivity contribution < 1.29 is 13.5 Å². The first kappa shape index (κ1) is 12.5. The predicted octanol–water partition coefficient (Wildman–Crippen LogP) is 2.28. The Balaban J connectivity index is 2.39. The highest BCUT2D eigenvalue weighted by Crippen LogP contribution is 2.12. The van der Waals surface area contributed by atoms with Gasteiger partial charge >= 0.3 is 5.91 Å². The molecule has 94 valence electrons. The summed E-state index contributed by atoms with van der Waals surface area (Å²) in [5.74, 6) is -0.126. The molecule has 0 aliphatic carbocycles. The summed E-state index contributed by atoms with van der Waals surface area (Å²) in [6.07, 6.45) is 1.42. The Morgan fingerprint density at radius 2 is 2.00 bits per heavy atom. The summed E-state index contributed by atoms with van der Waals surface area (Å²) in [7, 11) is -2.75. The molecular weight excluding hydrogens is 252 g/mol. The van der Waals surface area contributed by atoms with Crippen LogP contribution in [0.2, 0.25) is 0 Å². The van der Waals surface area contributed by atoms with Crippen LogP contribution in [0.3, 0.4) is 0 Å². The van der Waals surface area contributed by atoms with Crippen LogP contribution in [0.1, 0.15) is 16.2 Å². The van der Waals surface area contributed by atoms with E-state index in [2.05, 4.69) is 9.52 Å². The third-order valence-corrected chi connectivity index (χ3v) is 3.95. The Morgan fingerprint density at radius 3 is 2.56 bits per heavy atom. The number of nitrogens with zero attached hydrogens (tertiary/aromatic N) is 2. The van der Waals surface area contributed by atoms with E-state index in [1.54, 1.807) is 31.2 Å². The summed E-state index contributed by atoms with van der Waals surface area (Å²) in [5, 5.41) is 3.55. The lowest BCUT2D eigenvalue weighted by molar-refractivity contribution is 0.0996. The van der Waals surface area contributed by atoms with E-state index in [1.807, 2.05) is 6.07 Å². The lowest BCUT2D eigenvalue weighted by atomic mass is 10.4. The molecular formula is C12H12N2O3S. The minimum Gasteiger partial charge on any atom is -0.361 e. The lowest BCUT2D eigenvalue weighted by Crippen LogP contribution is -2.03. The summed E-state index contributed by atoms with van der Waals surface area (Å²) in [5.41, 5.74) is 0.0676. The highest BCUT2D eigenvalue weighted by atomic mass is 32.2. The van der Waals surface area contributed by atoms with Crippen molar-refractivity contribution in [2.75, 3.05) is 6.26 Å². The first-order valence-corrected chi connectivity index (χ1v) is 7.16. The van der Waals surface area contributed by atoms with Crippen LogP contribution < -0.4 is 0 Å². The number of aromatic nitrogens is 1. The van der Waals surface area contributed by atoms with Crippen LogP contribution in [-0.4, -0.2) is 21.5 Å². The molecule has 1 atom stereocenters. The topological polar surface area (TPSA) is 72.5 Å². The van der Waals surface area contributed by atoms with Gasteiger partial charge in [0.05, 0.1) is 9.73 Å². The average Bonchev–Trinajstić information content (AvgIpc) is 2.77. The fraction of sp³-hybridized carbons (Fsp3) is 0.167. The van der Waals surface area contributed by atoms with Crippen LogP contribution >= 0.6 is 0 Å². The molecule has 0 spiro atoms. The average molecular weight is 264 g/mol. The number of aryl methyl sites for hydroxylation is 1. The summed E-state index contributed by atoms with van der Waals surface area (Å²) in [6, 6.07) is 10.1. The first-order chi connectivity index (χ1) is 8.49. The second kappa shape index (κ2) is 4.73. The van der Waals surface area contributed by atoms with E-state index in [-0.39, 0.29) is 5.69 Å². The van der Waals surface area contributed by atoms with Gasteiger partial charge in [-0.2, -0.15) is 4.36 Å². The Labute approximate surface area is 105 Å². The third-order valence-electron chi connectivity index (χ3n) is 2.28. The molecule has 0 radical (unpaired) electrons. The number of hydrogen-bond donors (Lipinski definition) is 0. The summed E-state index contributed by atoms with van der Waals surface area (Å²) >= 11 is 0. The number of hydrogen-bond acceptors (Lipinski definition) is 4. The molecule has 0 aliphatic heterocycles. The molecule has 6 heteroatoms. The van der Waals surface area contributed by atoms with Gasteiger partial charge in [-0.3, -0.25) is 4.79 Å². The summed E-state index contributed by atoms with van der Waals surface area (Å²) in [6.45, 7) is 1.67. The summed E-state index contributed by atoms with van der Waals surface area (Å²) in [4.78, 5) is 12.3. The minimum absolute atomic E-state index is 0.0676. The minimum atomic E-state index is -2.75. The number of carbonyl (C=O) groups excluding carboxylic acids is 1. The fourth-order valence-corrected chi connectivity index (χ4v) is 2.58. The normalized spacial score (nSPS) is 13.9. The fourth-order valence-electron chi connectivity index (χ4n) is 1.40. The van der Waals surface area contributed by atoms with Gasteiger partial charge in [0.15, 0.2) is 5.69 Å². The highest BCUT2D eigenvalue weighted by molar-refractivity contribution is 7.93. The van der Waals surface area contributed by atoms with Gasteiger partial charge in [-0.05, 0) is 19.1 Å². The van der Waals surface area contributed by atoms with Crippen LogP contribution in [0, 0.1) is 6.92 Å². The molecule has 1 aromatic heterocycles. The maximum absolute atomic E-state index is 12.3. The zero-order chi connectivity index (χ0) is 13.2. The van der Waals surface area contributed by atoms with Crippen molar-refractivity contribution in [2.24, 2.45) is 4.36 Å². The molecule has 18 heavy (non-hydrogen) atoms. The SMILES string of the molecule is Cc1cc(C(=O)N=[S@@](C)(=O)c2ccccc2)no1. The van der Waals surface area contributed by atoms with Crippen LogP contribution in [-0.2, 0) is 9.73 Å². The van der Waals surface area contributed by atoms with E-state index in [0.717, 1.165) is 0 Å². The molecule has 1 heterocycles. The van der Waals surface area contributed by atoms with E-state index >= 15 is 0 Å². The Morgan fingerprint density at radius 1 is 1.33 bits per heavy atom. The van der Waals surface area contributed by atoms with Crippen molar-refractivity contribution in [1.82, 2.24) is 5.16 Å². The molecule has 1 aromatic carbocycles. The largest absolute Gasteiger partial charge is 0.361 e. The molecule has 1 amide bonds. The van der Waals surface area contributed by atoms with Gasteiger partial charge in [-0.25, -0.2) is 4.21 Å². The molecule has 2 aromatic rings. The molecule has 0 fully saturated rings. The van der Waals surface area contributed by atoms with Gasteiger partial charge in [0.1, 0.15) is 5.76 Å². The first-order valence-electron chi connectivity index (χ1n) is 5.24. The van der Waals surface area contributed by atoms with Crippen LogP contribution in [0.15, 0.2) is 50.2 Å². The predicted molar refractivity (Wildman–Crippen MR) is 66.8 cm³/mol. The lowest BCUT2D eigenvalue weighted by Gasteiger charge is -2.01. The van der Waals surface area contributed by atoms with Crippen molar-refractivity contribution in [2.45, 2.75) is 11.8 Å². The molecule has 5 nitrogen and oxygen atoms in total. The maximum atomic E-state index is 12.3. The zero-order valence-electron chi connectivity index (χ0n) is 9.99. The van der Waals surface area contributed by atoms with E-state index in [0.29, 0.717) is 10.7 Å². The molecule has 0 saturated carbocycles. The Kier molecular flexibility index (Phi) is 3.29. The van der Waals surface area contributed by atoms with E-state index in [1.165, 1.54) is 12.3 Å². The summed E-state index contributed by atoms with van der Waals surface area (Å²) < 4.78 is 20.8. The number of carbonyl (C=O) groups is 1. The number of benzene rings is 1. The molecule has 0 saturated heterocycles. The van der Waals surface area contributed by atoms with Crippen molar-refractivity contribution in [3.05, 3.63) is 47.9 Å². The second-order valence-electron chi connectivity index (χ2n) is 3.83. The van der Waals surface area contributed by atoms with Gasteiger partial charge in [0.25, 0.3) is 0 Å². The standard InChI is InChI=1S/C12H12N2O3S/c1-9-8-11(13-17-9)12(15)14-18(2,16)10-6-4-3-5-7-10/h3-8H,1-2H3/t18-/m0/s1. The van der Waals surface area contributed by atoms with Crippen molar-refractivity contribution in [1.29, 1.82) is 0 Å². The monoisotopic (exact) mass is 264 g/mol.